The lowest BCUT2D eigenvalue weighted by Gasteiger charge is -2.11. The lowest BCUT2D eigenvalue weighted by Crippen LogP contribution is -2.04. The third-order valence-electron chi connectivity index (χ3n) is 2.35. The summed E-state index contributed by atoms with van der Waals surface area (Å²) in [4.78, 5) is 0. The minimum absolute atomic E-state index is 0.599. The van der Waals surface area contributed by atoms with E-state index in [2.05, 4.69) is 6.92 Å². The van der Waals surface area contributed by atoms with Crippen LogP contribution < -0.4 is 5.73 Å². The van der Waals surface area contributed by atoms with E-state index >= 15 is 0 Å². The highest BCUT2D eigenvalue weighted by Crippen LogP contribution is 2.21. The molecule has 0 aliphatic heterocycles. The molecule has 0 saturated heterocycles. The molecule has 0 atom stereocenters. The van der Waals surface area contributed by atoms with Gasteiger partial charge in [0, 0.05) is 17.0 Å². The number of nitrogens with two attached hydrogens (primary N) is 1. The van der Waals surface area contributed by atoms with E-state index in [0.29, 0.717) is 5.71 Å². The molecular weight excluding hydrogens is 160 g/mol. The molecule has 0 aliphatic rings. The Morgan fingerprint density at radius 1 is 1.46 bits per heavy atom. The van der Waals surface area contributed by atoms with Crippen LogP contribution in [0.2, 0.25) is 0 Å². The molecule has 0 spiro atoms. The molecule has 0 unspecified atom stereocenters. The van der Waals surface area contributed by atoms with Crippen molar-refractivity contribution in [2.75, 3.05) is 5.73 Å². The molecule has 0 amide bonds. The zero-order valence-electron chi connectivity index (χ0n) is 8.44. The first-order chi connectivity index (χ1) is 6.07. The van der Waals surface area contributed by atoms with Crippen LogP contribution in [0.1, 0.15) is 30.5 Å². The highest BCUT2D eigenvalue weighted by Gasteiger charge is 2.08. The van der Waals surface area contributed by atoms with Crippen LogP contribution in [0, 0.1) is 12.3 Å². The Morgan fingerprint density at radius 2 is 2.08 bits per heavy atom. The van der Waals surface area contributed by atoms with Crippen LogP contribution in [0.3, 0.4) is 0 Å². The molecule has 0 fully saturated rings. The first-order valence-corrected chi connectivity index (χ1v) is 4.51. The standard InChI is InChI=1S/C11H16N2/c1-4-9-5-6-10(13)7(2)11(9)8(3)12/h5-6,12H,4,13H2,1-3H3. The van der Waals surface area contributed by atoms with E-state index < -0.39 is 0 Å². The SMILES string of the molecule is CCc1ccc(N)c(C)c1C(C)=N. The summed E-state index contributed by atoms with van der Waals surface area (Å²) in [5.74, 6) is 0. The van der Waals surface area contributed by atoms with Crippen molar-refractivity contribution in [2.45, 2.75) is 27.2 Å². The number of rotatable bonds is 2. The molecule has 3 N–H and O–H groups in total. The minimum Gasteiger partial charge on any atom is -0.398 e. The Hall–Kier alpha value is -1.31. The topological polar surface area (TPSA) is 49.9 Å². The summed E-state index contributed by atoms with van der Waals surface area (Å²) in [6.45, 7) is 5.88. The van der Waals surface area contributed by atoms with Crippen molar-refractivity contribution in [3.8, 4) is 0 Å². The van der Waals surface area contributed by atoms with Gasteiger partial charge >= 0.3 is 0 Å². The number of anilines is 1. The normalized spacial score (nSPS) is 10.1. The predicted octanol–water partition coefficient (Wildman–Crippen LogP) is 2.53. The molecule has 2 nitrogen and oxygen atoms in total. The van der Waals surface area contributed by atoms with Gasteiger partial charge in [-0.2, -0.15) is 0 Å². The molecule has 2 heteroatoms. The molecular formula is C11H16N2. The van der Waals surface area contributed by atoms with E-state index in [1.54, 1.807) is 6.92 Å². The molecule has 0 aromatic heterocycles. The van der Waals surface area contributed by atoms with Crippen LogP contribution in [0.4, 0.5) is 5.69 Å². The summed E-state index contributed by atoms with van der Waals surface area (Å²) in [6, 6.07) is 3.93. The van der Waals surface area contributed by atoms with Gasteiger partial charge in [-0.25, -0.2) is 0 Å². The molecule has 0 saturated carbocycles. The van der Waals surface area contributed by atoms with Crippen LogP contribution in [0.15, 0.2) is 12.1 Å². The molecule has 1 aromatic carbocycles. The average molecular weight is 176 g/mol. The Labute approximate surface area is 79.3 Å². The third kappa shape index (κ3) is 1.72. The fourth-order valence-electron chi connectivity index (χ4n) is 1.60. The number of hydrogen-bond acceptors (Lipinski definition) is 2. The van der Waals surface area contributed by atoms with Gasteiger partial charge in [-0.3, -0.25) is 0 Å². The molecule has 1 rings (SSSR count). The minimum atomic E-state index is 0.599. The second-order valence-electron chi connectivity index (χ2n) is 3.29. The van der Waals surface area contributed by atoms with Crippen molar-refractivity contribution in [3.63, 3.8) is 0 Å². The lowest BCUT2D eigenvalue weighted by molar-refractivity contribution is 1.12. The van der Waals surface area contributed by atoms with Crippen LogP contribution in [0.25, 0.3) is 0 Å². The molecule has 0 aliphatic carbocycles. The summed E-state index contributed by atoms with van der Waals surface area (Å²) >= 11 is 0. The highest BCUT2D eigenvalue weighted by atomic mass is 14.6. The molecule has 0 bridgehead atoms. The summed E-state index contributed by atoms with van der Waals surface area (Å²) in [6.07, 6.45) is 0.951. The van der Waals surface area contributed by atoms with Gasteiger partial charge in [0.2, 0.25) is 0 Å². The van der Waals surface area contributed by atoms with E-state index in [9.17, 15) is 0 Å². The maximum atomic E-state index is 7.66. The van der Waals surface area contributed by atoms with E-state index in [1.165, 1.54) is 5.56 Å². The van der Waals surface area contributed by atoms with Crippen LogP contribution in [0.5, 0.6) is 0 Å². The molecule has 13 heavy (non-hydrogen) atoms. The molecule has 1 aromatic rings. The Kier molecular flexibility index (Phi) is 2.71. The second-order valence-corrected chi connectivity index (χ2v) is 3.29. The van der Waals surface area contributed by atoms with Crippen molar-refractivity contribution in [1.82, 2.24) is 0 Å². The molecule has 0 heterocycles. The summed E-state index contributed by atoms with van der Waals surface area (Å²) in [5, 5.41) is 7.66. The average Bonchev–Trinajstić information content (AvgIpc) is 2.08. The van der Waals surface area contributed by atoms with E-state index in [4.69, 9.17) is 11.1 Å². The van der Waals surface area contributed by atoms with Crippen molar-refractivity contribution >= 4 is 11.4 Å². The summed E-state index contributed by atoms with van der Waals surface area (Å²) in [7, 11) is 0. The third-order valence-corrected chi connectivity index (χ3v) is 2.35. The Balaban J connectivity index is 3.41. The number of nitrogens with one attached hydrogen (secondary N) is 1. The van der Waals surface area contributed by atoms with E-state index in [1.807, 2.05) is 19.1 Å². The zero-order valence-corrected chi connectivity index (χ0v) is 8.44. The van der Waals surface area contributed by atoms with Crippen LogP contribution in [-0.2, 0) is 6.42 Å². The molecule has 70 valence electrons. The van der Waals surface area contributed by atoms with Gasteiger partial charge in [0.15, 0.2) is 0 Å². The summed E-state index contributed by atoms with van der Waals surface area (Å²) < 4.78 is 0. The predicted molar refractivity (Wildman–Crippen MR) is 57.5 cm³/mol. The van der Waals surface area contributed by atoms with Crippen molar-refractivity contribution in [1.29, 1.82) is 5.41 Å². The van der Waals surface area contributed by atoms with Gasteiger partial charge in [0.1, 0.15) is 0 Å². The smallest absolute Gasteiger partial charge is 0.0361 e. The van der Waals surface area contributed by atoms with E-state index in [0.717, 1.165) is 23.2 Å². The van der Waals surface area contributed by atoms with Gasteiger partial charge in [-0.1, -0.05) is 13.0 Å². The Bertz CT molecular complexity index is 340. The van der Waals surface area contributed by atoms with Crippen molar-refractivity contribution < 1.29 is 0 Å². The maximum absolute atomic E-state index is 7.66. The van der Waals surface area contributed by atoms with Gasteiger partial charge in [-0.05, 0) is 37.5 Å². The van der Waals surface area contributed by atoms with Gasteiger partial charge in [0.25, 0.3) is 0 Å². The highest BCUT2D eigenvalue weighted by molar-refractivity contribution is 6.00. The fraction of sp³-hybridized carbons (Fsp3) is 0.364. The van der Waals surface area contributed by atoms with Gasteiger partial charge in [-0.15, -0.1) is 0 Å². The molecule has 0 radical (unpaired) electrons. The van der Waals surface area contributed by atoms with E-state index in [-0.39, 0.29) is 0 Å². The van der Waals surface area contributed by atoms with Crippen molar-refractivity contribution in [3.05, 3.63) is 28.8 Å². The zero-order chi connectivity index (χ0) is 10.0. The maximum Gasteiger partial charge on any atom is 0.0361 e. The van der Waals surface area contributed by atoms with Crippen LogP contribution in [-0.4, -0.2) is 5.71 Å². The fourth-order valence-corrected chi connectivity index (χ4v) is 1.60. The Morgan fingerprint density at radius 3 is 2.54 bits per heavy atom. The lowest BCUT2D eigenvalue weighted by atomic mass is 9.95. The first-order valence-electron chi connectivity index (χ1n) is 4.51. The number of hydrogen-bond donors (Lipinski definition) is 2. The van der Waals surface area contributed by atoms with Crippen LogP contribution >= 0.6 is 0 Å². The summed E-state index contributed by atoms with van der Waals surface area (Å²) in [5.41, 5.74) is 10.4. The number of nitrogen functional groups attached to an aromatic ring is 1. The second kappa shape index (κ2) is 3.60. The largest absolute Gasteiger partial charge is 0.398 e. The monoisotopic (exact) mass is 176 g/mol. The van der Waals surface area contributed by atoms with Crippen molar-refractivity contribution in [2.24, 2.45) is 0 Å². The first kappa shape index (κ1) is 9.78. The van der Waals surface area contributed by atoms with Gasteiger partial charge < -0.3 is 11.1 Å². The van der Waals surface area contributed by atoms with Gasteiger partial charge in [0.05, 0.1) is 0 Å². The number of aryl methyl sites for hydroxylation is 1. The number of benzene rings is 1. The quantitative estimate of drug-likeness (QED) is 0.528.